The van der Waals surface area contributed by atoms with Gasteiger partial charge >= 0.3 is 0 Å². The fraction of sp³-hybridized carbons (Fsp3) is 0.400. The highest BCUT2D eigenvalue weighted by atomic mass is 28.2. The van der Waals surface area contributed by atoms with Crippen LogP contribution in [0.5, 0.6) is 0 Å². The SMILES string of the molecule is CC(C)N(C)[Si]c1ccccc1. The molecule has 1 rings (SSSR count). The number of hydrogen-bond donors (Lipinski definition) is 0. The molecule has 1 nitrogen and oxygen atoms in total. The molecule has 0 fully saturated rings. The molecule has 0 N–H and O–H groups in total. The zero-order valence-electron chi connectivity index (χ0n) is 7.91. The standard InChI is InChI=1S/C10H15NSi/c1-9(2)11(3)12-10-7-5-4-6-8-10/h4-9H,1-3H3. The summed E-state index contributed by atoms with van der Waals surface area (Å²) < 4.78 is 2.36. The lowest BCUT2D eigenvalue weighted by atomic mass is 10.4. The van der Waals surface area contributed by atoms with E-state index < -0.39 is 0 Å². The number of hydrogen-bond acceptors (Lipinski definition) is 1. The van der Waals surface area contributed by atoms with Crippen molar-refractivity contribution in [3.63, 3.8) is 0 Å². The van der Waals surface area contributed by atoms with Crippen molar-refractivity contribution in [2.75, 3.05) is 7.05 Å². The van der Waals surface area contributed by atoms with Crippen LogP contribution in [0, 0.1) is 0 Å². The molecule has 0 aliphatic carbocycles. The lowest BCUT2D eigenvalue weighted by molar-refractivity contribution is 0.446. The molecule has 0 aliphatic heterocycles. The quantitative estimate of drug-likeness (QED) is 0.629. The van der Waals surface area contributed by atoms with Gasteiger partial charge in [0.15, 0.2) is 9.68 Å². The van der Waals surface area contributed by atoms with Crippen LogP contribution in [-0.2, 0) is 0 Å². The summed E-state index contributed by atoms with van der Waals surface area (Å²) in [6.07, 6.45) is 0. The zero-order chi connectivity index (χ0) is 8.97. The van der Waals surface area contributed by atoms with Gasteiger partial charge in [0, 0.05) is 0 Å². The van der Waals surface area contributed by atoms with Gasteiger partial charge in [0.05, 0.1) is 0 Å². The van der Waals surface area contributed by atoms with Crippen molar-refractivity contribution >= 4 is 14.9 Å². The Morgan fingerprint density at radius 1 is 1.17 bits per heavy atom. The summed E-state index contributed by atoms with van der Waals surface area (Å²) in [5, 5.41) is 1.41. The Morgan fingerprint density at radius 3 is 2.25 bits per heavy atom. The molecule has 0 unspecified atom stereocenters. The second-order valence-corrected chi connectivity index (χ2v) is 4.69. The Bertz CT molecular complexity index is 221. The average molecular weight is 177 g/mol. The van der Waals surface area contributed by atoms with Gasteiger partial charge in [-0.15, -0.1) is 0 Å². The lowest BCUT2D eigenvalue weighted by Crippen LogP contribution is -2.37. The van der Waals surface area contributed by atoms with Crippen LogP contribution in [0.1, 0.15) is 13.8 Å². The third-order valence-corrected chi connectivity index (χ3v) is 3.31. The van der Waals surface area contributed by atoms with Crippen LogP contribution >= 0.6 is 0 Å². The Hall–Kier alpha value is -0.603. The molecule has 0 saturated carbocycles. The highest BCUT2D eigenvalue weighted by molar-refractivity contribution is 6.50. The van der Waals surface area contributed by atoms with E-state index in [4.69, 9.17) is 0 Å². The van der Waals surface area contributed by atoms with Gasteiger partial charge in [0.1, 0.15) is 0 Å². The molecule has 0 heterocycles. The second-order valence-electron chi connectivity index (χ2n) is 3.18. The van der Waals surface area contributed by atoms with Crippen LogP contribution < -0.4 is 5.19 Å². The first-order valence-electron chi connectivity index (χ1n) is 4.24. The Labute approximate surface area is 77.3 Å². The molecule has 0 aliphatic rings. The maximum atomic E-state index is 2.36. The molecular weight excluding hydrogens is 162 g/mol. The van der Waals surface area contributed by atoms with E-state index in [1.807, 2.05) is 0 Å². The fourth-order valence-corrected chi connectivity index (χ4v) is 1.85. The van der Waals surface area contributed by atoms with E-state index in [-0.39, 0.29) is 0 Å². The van der Waals surface area contributed by atoms with Crippen molar-refractivity contribution in [3.8, 4) is 0 Å². The summed E-state index contributed by atoms with van der Waals surface area (Å²) in [5.74, 6) is 0. The summed E-state index contributed by atoms with van der Waals surface area (Å²) >= 11 is 0. The first-order chi connectivity index (χ1) is 5.70. The predicted molar refractivity (Wildman–Crippen MR) is 54.7 cm³/mol. The van der Waals surface area contributed by atoms with Crippen molar-refractivity contribution in [3.05, 3.63) is 30.3 Å². The summed E-state index contributed by atoms with van der Waals surface area (Å²) in [5.41, 5.74) is 0. The number of benzene rings is 1. The van der Waals surface area contributed by atoms with Crippen LogP contribution in [0.15, 0.2) is 30.3 Å². The van der Waals surface area contributed by atoms with E-state index in [9.17, 15) is 0 Å². The van der Waals surface area contributed by atoms with Crippen molar-refractivity contribution in [2.45, 2.75) is 19.9 Å². The minimum absolute atomic E-state index is 0.628. The second kappa shape index (κ2) is 4.43. The van der Waals surface area contributed by atoms with Gasteiger partial charge in [-0.25, -0.2) is 0 Å². The molecule has 12 heavy (non-hydrogen) atoms. The highest BCUT2D eigenvalue weighted by Crippen LogP contribution is 1.90. The van der Waals surface area contributed by atoms with Crippen LogP contribution in [0.2, 0.25) is 0 Å². The van der Waals surface area contributed by atoms with Crippen molar-refractivity contribution < 1.29 is 0 Å². The largest absolute Gasteiger partial charge is 0.322 e. The first kappa shape index (κ1) is 9.48. The lowest BCUT2D eigenvalue weighted by Gasteiger charge is -2.19. The third-order valence-electron chi connectivity index (χ3n) is 1.85. The molecule has 0 amide bonds. The van der Waals surface area contributed by atoms with E-state index in [1.165, 1.54) is 5.19 Å². The highest BCUT2D eigenvalue weighted by Gasteiger charge is 2.04. The Kier molecular flexibility index (Phi) is 3.50. The minimum atomic E-state index is 0.628. The summed E-state index contributed by atoms with van der Waals surface area (Å²) in [4.78, 5) is 0. The van der Waals surface area contributed by atoms with E-state index in [1.54, 1.807) is 0 Å². The average Bonchev–Trinajstić information content (AvgIpc) is 2.06. The van der Waals surface area contributed by atoms with Gasteiger partial charge in [-0.05, 0) is 18.3 Å². The molecule has 1 aromatic rings. The topological polar surface area (TPSA) is 3.24 Å². The Balaban J connectivity index is 2.53. The van der Waals surface area contributed by atoms with E-state index in [0.717, 1.165) is 9.68 Å². The van der Waals surface area contributed by atoms with Gasteiger partial charge in [-0.3, -0.25) is 0 Å². The minimum Gasteiger partial charge on any atom is -0.322 e. The molecule has 0 saturated heterocycles. The van der Waals surface area contributed by atoms with Crippen LogP contribution in [0.3, 0.4) is 0 Å². The van der Waals surface area contributed by atoms with E-state index in [2.05, 4.69) is 55.8 Å². The molecule has 0 atom stereocenters. The smallest absolute Gasteiger partial charge is 0.182 e. The van der Waals surface area contributed by atoms with Crippen molar-refractivity contribution in [2.24, 2.45) is 0 Å². The molecule has 1 aromatic carbocycles. The Morgan fingerprint density at radius 2 is 1.75 bits per heavy atom. The summed E-state index contributed by atoms with van der Waals surface area (Å²) in [7, 11) is 2.95. The maximum absolute atomic E-state index is 2.36. The van der Waals surface area contributed by atoms with Crippen LogP contribution in [0.4, 0.5) is 0 Å². The zero-order valence-corrected chi connectivity index (χ0v) is 8.91. The molecule has 2 heteroatoms. The molecule has 0 spiro atoms. The predicted octanol–water partition coefficient (Wildman–Crippen LogP) is 1.27. The summed E-state index contributed by atoms with van der Waals surface area (Å²) in [6, 6.07) is 11.2. The van der Waals surface area contributed by atoms with Crippen molar-refractivity contribution in [1.29, 1.82) is 0 Å². The maximum Gasteiger partial charge on any atom is 0.182 e. The molecule has 2 radical (unpaired) electrons. The first-order valence-corrected chi connectivity index (χ1v) is 5.19. The van der Waals surface area contributed by atoms with Gasteiger partial charge in [-0.2, -0.15) is 0 Å². The number of rotatable bonds is 3. The van der Waals surface area contributed by atoms with Crippen molar-refractivity contribution in [1.82, 2.24) is 4.57 Å². The van der Waals surface area contributed by atoms with E-state index >= 15 is 0 Å². The van der Waals surface area contributed by atoms with Crippen LogP contribution in [-0.4, -0.2) is 27.3 Å². The van der Waals surface area contributed by atoms with Gasteiger partial charge < -0.3 is 4.57 Å². The third kappa shape index (κ3) is 2.79. The van der Waals surface area contributed by atoms with Gasteiger partial charge in [-0.1, -0.05) is 44.2 Å². The van der Waals surface area contributed by atoms with Gasteiger partial charge in [0.25, 0.3) is 0 Å². The summed E-state index contributed by atoms with van der Waals surface area (Å²) in [6.45, 7) is 4.44. The molecule has 0 bridgehead atoms. The van der Waals surface area contributed by atoms with E-state index in [0.29, 0.717) is 6.04 Å². The molecule has 64 valence electrons. The number of nitrogens with zero attached hydrogens (tertiary/aromatic N) is 1. The normalized spacial score (nSPS) is 11.1. The molecular formula is C10H15NSi. The van der Waals surface area contributed by atoms with Gasteiger partial charge in [0.2, 0.25) is 0 Å². The monoisotopic (exact) mass is 177 g/mol. The van der Waals surface area contributed by atoms with Crippen LogP contribution in [0.25, 0.3) is 0 Å². The molecule has 0 aromatic heterocycles. The fourth-order valence-electron chi connectivity index (χ4n) is 0.845.